The van der Waals surface area contributed by atoms with Gasteiger partial charge in [0.15, 0.2) is 0 Å². The Morgan fingerprint density at radius 2 is 2.31 bits per heavy atom. The van der Waals surface area contributed by atoms with E-state index in [0.29, 0.717) is 18.5 Å². The minimum Gasteiger partial charge on any atom is -0.481 e. The molecule has 0 aliphatic carbocycles. The standard InChI is InChI=1S/C11H11BrN2O2/c12-10-6-9(4-3-8(10)7-13)14-5-1-2-11(15)16/h3-4,6,14H,1-2,5H2,(H,15,16). The summed E-state index contributed by atoms with van der Waals surface area (Å²) in [5.41, 5.74) is 1.45. The van der Waals surface area contributed by atoms with Gasteiger partial charge in [0.2, 0.25) is 0 Å². The molecule has 0 bridgehead atoms. The predicted molar refractivity (Wildman–Crippen MR) is 64.2 cm³/mol. The largest absolute Gasteiger partial charge is 0.481 e. The second kappa shape index (κ2) is 6.13. The number of halogens is 1. The van der Waals surface area contributed by atoms with Gasteiger partial charge in [-0.2, -0.15) is 5.26 Å². The molecular formula is C11H11BrN2O2. The molecule has 0 aromatic heterocycles. The van der Waals surface area contributed by atoms with Gasteiger partial charge < -0.3 is 10.4 Å². The number of benzene rings is 1. The fourth-order valence-corrected chi connectivity index (χ4v) is 1.66. The van der Waals surface area contributed by atoms with Gasteiger partial charge in [0, 0.05) is 23.1 Å². The summed E-state index contributed by atoms with van der Waals surface area (Å²) in [5, 5.41) is 20.3. The summed E-state index contributed by atoms with van der Waals surface area (Å²) in [6, 6.07) is 7.36. The number of hydrogen-bond acceptors (Lipinski definition) is 3. The van der Waals surface area contributed by atoms with Crippen LogP contribution in [0.25, 0.3) is 0 Å². The minimum absolute atomic E-state index is 0.157. The molecule has 16 heavy (non-hydrogen) atoms. The van der Waals surface area contributed by atoms with Crippen LogP contribution in [0.3, 0.4) is 0 Å². The fourth-order valence-electron chi connectivity index (χ4n) is 1.19. The zero-order valence-corrected chi connectivity index (χ0v) is 10.1. The van der Waals surface area contributed by atoms with Crippen LogP contribution >= 0.6 is 15.9 Å². The van der Waals surface area contributed by atoms with Crippen LogP contribution in [0.4, 0.5) is 5.69 Å². The third kappa shape index (κ3) is 3.91. The van der Waals surface area contributed by atoms with E-state index in [-0.39, 0.29) is 6.42 Å². The molecule has 84 valence electrons. The average Bonchev–Trinajstić information content (AvgIpc) is 2.24. The van der Waals surface area contributed by atoms with E-state index < -0.39 is 5.97 Å². The van der Waals surface area contributed by atoms with E-state index in [0.717, 1.165) is 10.2 Å². The fraction of sp³-hybridized carbons (Fsp3) is 0.273. The Bertz CT molecular complexity index is 426. The first-order chi connectivity index (χ1) is 7.63. The van der Waals surface area contributed by atoms with Crippen molar-refractivity contribution in [3.8, 4) is 6.07 Å². The molecular weight excluding hydrogens is 272 g/mol. The van der Waals surface area contributed by atoms with Crippen molar-refractivity contribution >= 4 is 27.6 Å². The maximum absolute atomic E-state index is 10.3. The van der Waals surface area contributed by atoms with Crippen LogP contribution in [0.15, 0.2) is 22.7 Å². The lowest BCUT2D eigenvalue weighted by molar-refractivity contribution is -0.137. The summed E-state index contributed by atoms with van der Waals surface area (Å²) in [7, 11) is 0. The molecule has 0 radical (unpaired) electrons. The first kappa shape index (κ1) is 12.5. The monoisotopic (exact) mass is 282 g/mol. The van der Waals surface area contributed by atoms with Gasteiger partial charge in [0.05, 0.1) is 5.56 Å². The maximum Gasteiger partial charge on any atom is 0.303 e. The number of carboxylic acid groups (broad SMARTS) is 1. The van der Waals surface area contributed by atoms with Gasteiger partial charge in [-0.1, -0.05) is 0 Å². The zero-order valence-electron chi connectivity index (χ0n) is 8.53. The molecule has 0 aliphatic rings. The van der Waals surface area contributed by atoms with E-state index in [4.69, 9.17) is 10.4 Å². The predicted octanol–water partition coefficient (Wildman–Crippen LogP) is 2.60. The SMILES string of the molecule is N#Cc1ccc(NCCCC(=O)O)cc1Br. The van der Waals surface area contributed by atoms with Crippen molar-refractivity contribution in [2.24, 2.45) is 0 Å². The van der Waals surface area contributed by atoms with Gasteiger partial charge >= 0.3 is 5.97 Å². The summed E-state index contributed by atoms with van der Waals surface area (Å²) in [5.74, 6) is -0.789. The Balaban J connectivity index is 2.47. The van der Waals surface area contributed by atoms with Crippen molar-refractivity contribution in [3.05, 3.63) is 28.2 Å². The molecule has 0 spiro atoms. The second-order valence-corrected chi connectivity index (χ2v) is 4.08. The number of anilines is 1. The van der Waals surface area contributed by atoms with Crippen LogP contribution in [-0.4, -0.2) is 17.6 Å². The average molecular weight is 283 g/mol. The number of hydrogen-bond donors (Lipinski definition) is 2. The highest BCUT2D eigenvalue weighted by Gasteiger charge is 2.00. The number of carbonyl (C=O) groups is 1. The molecule has 1 rings (SSSR count). The summed E-state index contributed by atoms with van der Waals surface area (Å²) < 4.78 is 0.734. The van der Waals surface area contributed by atoms with Crippen molar-refractivity contribution in [1.82, 2.24) is 0 Å². The number of nitrogens with zero attached hydrogens (tertiary/aromatic N) is 1. The topological polar surface area (TPSA) is 73.1 Å². The van der Waals surface area contributed by atoms with Gasteiger partial charge in [0.1, 0.15) is 6.07 Å². The lowest BCUT2D eigenvalue weighted by atomic mass is 10.2. The smallest absolute Gasteiger partial charge is 0.303 e. The molecule has 1 aromatic carbocycles. The quantitative estimate of drug-likeness (QED) is 0.815. The summed E-state index contributed by atoms with van der Waals surface area (Å²) in [4.78, 5) is 10.3. The Morgan fingerprint density at radius 3 is 2.88 bits per heavy atom. The maximum atomic E-state index is 10.3. The van der Waals surface area contributed by atoms with Crippen LogP contribution in [0, 0.1) is 11.3 Å². The van der Waals surface area contributed by atoms with Crippen molar-refractivity contribution in [2.45, 2.75) is 12.8 Å². The Labute approximate surface area is 102 Å². The van der Waals surface area contributed by atoms with E-state index in [1.54, 1.807) is 18.2 Å². The molecule has 4 nitrogen and oxygen atoms in total. The lowest BCUT2D eigenvalue weighted by Crippen LogP contribution is -2.04. The van der Waals surface area contributed by atoms with Crippen LogP contribution in [0.2, 0.25) is 0 Å². The van der Waals surface area contributed by atoms with Crippen LogP contribution in [0.5, 0.6) is 0 Å². The summed E-state index contributed by atoms with van der Waals surface area (Å²) in [6.45, 7) is 0.602. The third-order valence-corrected chi connectivity index (χ3v) is 2.64. The molecule has 0 aliphatic heterocycles. The van der Waals surface area contributed by atoms with E-state index in [2.05, 4.69) is 27.3 Å². The van der Waals surface area contributed by atoms with E-state index in [1.807, 2.05) is 0 Å². The van der Waals surface area contributed by atoms with E-state index in [9.17, 15) is 4.79 Å². The van der Waals surface area contributed by atoms with Crippen molar-refractivity contribution in [1.29, 1.82) is 5.26 Å². The highest BCUT2D eigenvalue weighted by Crippen LogP contribution is 2.20. The van der Waals surface area contributed by atoms with Gasteiger partial charge in [-0.25, -0.2) is 0 Å². The van der Waals surface area contributed by atoms with Crippen LogP contribution in [0.1, 0.15) is 18.4 Å². The third-order valence-electron chi connectivity index (χ3n) is 1.99. The molecule has 0 unspecified atom stereocenters. The molecule has 5 heteroatoms. The molecule has 1 aromatic rings. The van der Waals surface area contributed by atoms with E-state index in [1.165, 1.54) is 0 Å². The van der Waals surface area contributed by atoms with Crippen molar-refractivity contribution in [2.75, 3.05) is 11.9 Å². The molecule has 0 saturated carbocycles. The lowest BCUT2D eigenvalue weighted by Gasteiger charge is -2.06. The first-order valence-electron chi connectivity index (χ1n) is 4.79. The first-order valence-corrected chi connectivity index (χ1v) is 5.58. The van der Waals surface area contributed by atoms with Gasteiger partial charge in [-0.3, -0.25) is 4.79 Å². The van der Waals surface area contributed by atoms with Crippen molar-refractivity contribution < 1.29 is 9.90 Å². The molecule has 0 heterocycles. The highest BCUT2D eigenvalue weighted by atomic mass is 79.9. The van der Waals surface area contributed by atoms with Gasteiger partial charge in [-0.05, 0) is 40.5 Å². The number of nitrogens with one attached hydrogen (secondary N) is 1. The Kier molecular flexibility index (Phi) is 4.80. The van der Waals surface area contributed by atoms with Crippen molar-refractivity contribution in [3.63, 3.8) is 0 Å². The Morgan fingerprint density at radius 1 is 1.56 bits per heavy atom. The number of rotatable bonds is 5. The molecule has 2 N–H and O–H groups in total. The molecule has 0 saturated heterocycles. The minimum atomic E-state index is -0.789. The highest BCUT2D eigenvalue weighted by molar-refractivity contribution is 9.10. The second-order valence-electron chi connectivity index (χ2n) is 3.23. The summed E-state index contributed by atoms with van der Waals surface area (Å²) in [6.07, 6.45) is 0.734. The van der Waals surface area contributed by atoms with Gasteiger partial charge in [-0.15, -0.1) is 0 Å². The van der Waals surface area contributed by atoms with Crippen LogP contribution in [-0.2, 0) is 4.79 Å². The van der Waals surface area contributed by atoms with Crippen LogP contribution < -0.4 is 5.32 Å². The number of aliphatic carboxylic acids is 1. The Hall–Kier alpha value is -1.54. The zero-order chi connectivity index (χ0) is 12.0. The molecule has 0 fully saturated rings. The van der Waals surface area contributed by atoms with E-state index >= 15 is 0 Å². The molecule has 0 atom stereocenters. The van der Waals surface area contributed by atoms with Gasteiger partial charge in [0.25, 0.3) is 0 Å². The normalized spacial score (nSPS) is 9.50. The molecule has 0 amide bonds. The number of carboxylic acids is 1. The summed E-state index contributed by atoms with van der Waals surface area (Å²) >= 11 is 3.28. The number of nitriles is 1.